The summed E-state index contributed by atoms with van der Waals surface area (Å²) in [5, 5.41) is 0.328. The first-order valence-corrected chi connectivity index (χ1v) is 6.01. The zero-order valence-electron chi connectivity index (χ0n) is 9.41. The average molecular weight is 224 g/mol. The first kappa shape index (κ1) is 11.0. The van der Waals surface area contributed by atoms with E-state index in [1.807, 2.05) is 0 Å². The number of halogens is 1. The molecule has 0 radical (unpaired) electrons. The van der Waals surface area contributed by atoms with Crippen LogP contribution in [0.3, 0.4) is 0 Å². The van der Waals surface area contributed by atoms with Crippen LogP contribution < -0.4 is 0 Å². The van der Waals surface area contributed by atoms with E-state index in [0.29, 0.717) is 11.3 Å². The van der Waals surface area contributed by atoms with Gasteiger partial charge in [0.25, 0.3) is 0 Å². The molecule has 0 aromatic heterocycles. The Labute approximate surface area is 97.0 Å². The summed E-state index contributed by atoms with van der Waals surface area (Å²) < 4.78 is 0. The molecule has 0 amide bonds. The molecule has 1 fully saturated rings. The molecule has 1 aliphatic rings. The van der Waals surface area contributed by atoms with Crippen molar-refractivity contribution in [2.24, 2.45) is 5.92 Å². The molecule has 0 N–H and O–H groups in total. The summed E-state index contributed by atoms with van der Waals surface area (Å²) in [5.41, 5.74) is 2.80. The van der Waals surface area contributed by atoms with Crippen molar-refractivity contribution in [1.82, 2.24) is 4.90 Å². The molecular weight excluding hydrogens is 206 g/mol. The topological polar surface area (TPSA) is 3.24 Å². The van der Waals surface area contributed by atoms with Gasteiger partial charge in [-0.25, -0.2) is 0 Å². The molecule has 15 heavy (non-hydrogen) atoms. The van der Waals surface area contributed by atoms with Crippen molar-refractivity contribution in [2.45, 2.75) is 25.8 Å². The van der Waals surface area contributed by atoms with Crippen LogP contribution in [-0.2, 0) is 6.54 Å². The van der Waals surface area contributed by atoms with Crippen molar-refractivity contribution in [3.05, 3.63) is 35.4 Å². The van der Waals surface area contributed by atoms with Crippen molar-refractivity contribution in [3.63, 3.8) is 0 Å². The monoisotopic (exact) mass is 223 g/mol. The lowest BCUT2D eigenvalue weighted by Crippen LogP contribution is -2.20. The van der Waals surface area contributed by atoms with E-state index in [1.54, 1.807) is 0 Å². The quantitative estimate of drug-likeness (QED) is 0.697. The van der Waals surface area contributed by atoms with Gasteiger partial charge in [-0.3, -0.25) is 4.90 Å². The van der Waals surface area contributed by atoms with Gasteiger partial charge in [-0.15, -0.1) is 11.6 Å². The molecule has 1 aromatic rings. The fourth-order valence-corrected chi connectivity index (χ4v) is 2.46. The Morgan fingerprint density at radius 2 is 2.07 bits per heavy atom. The minimum Gasteiger partial charge on any atom is -0.297 e. The first-order valence-electron chi connectivity index (χ1n) is 5.57. The second-order valence-corrected chi connectivity index (χ2v) is 5.17. The Morgan fingerprint density at radius 1 is 1.33 bits per heavy atom. The van der Waals surface area contributed by atoms with Gasteiger partial charge in [0.05, 0.1) is 5.38 Å². The van der Waals surface area contributed by atoms with Crippen LogP contribution in [0.2, 0.25) is 0 Å². The fourth-order valence-electron chi connectivity index (χ4n) is 2.18. The molecule has 0 spiro atoms. The minimum atomic E-state index is 0.328. The number of rotatable bonds is 2. The van der Waals surface area contributed by atoms with E-state index in [1.165, 1.54) is 11.1 Å². The molecule has 1 nitrogen and oxygen atoms in total. The standard InChI is InChI=1S/C13H18ClN/c1-10-5-3-4-6-12(10)8-15-7-11(2)13(14)9-15/h3-6,11,13H,7-9H2,1-2H3. The molecule has 2 heteroatoms. The number of nitrogens with zero attached hydrogens (tertiary/aromatic N) is 1. The van der Waals surface area contributed by atoms with Crippen LogP contribution in [0.25, 0.3) is 0 Å². The number of hydrogen-bond donors (Lipinski definition) is 0. The summed E-state index contributed by atoms with van der Waals surface area (Å²) in [6.07, 6.45) is 0. The van der Waals surface area contributed by atoms with Gasteiger partial charge in [-0.05, 0) is 24.0 Å². The van der Waals surface area contributed by atoms with Crippen LogP contribution in [0.4, 0.5) is 0 Å². The van der Waals surface area contributed by atoms with Crippen LogP contribution in [-0.4, -0.2) is 23.4 Å². The maximum Gasteiger partial charge on any atom is 0.0501 e. The van der Waals surface area contributed by atoms with E-state index >= 15 is 0 Å². The molecule has 2 atom stereocenters. The molecule has 0 saturated carbocycles. The van der Waals surface area contributed by atoms with Crippen molar-refractivity contribution in [3.8, 4) is 0 Å². The van der Waals surface area contributed by atoms with Crippen LogP contribution in [0.15, 0.2) is 24.3 Å². The normalized spacial score (nSPS) is 27.1. The number of benzene rings is 1. The van der Waals surface area contributed by atoms with E-state index in [4.69, 9.17) is 11.6 Å². The van der Waals surface area contributed by atoms with Crippen molar-refractivity contribution in [1.29, 1.82) is 0 Å². The van der Waals surface area contributed by atoms with Crippen molar-refractivity contribution in [2.75, 3.05) is 13.1 Å². The predicted molar refractivity (Wildman–Crippen MR) is 65.3 cm³/mol. The van der Waals surface area contributed by atoms with E-state index in [0.717, 1.165) is 19.6 Å². The Kier molecular flexibility index (Phi) is 3.32. The summed E-state index contributed by atoms with van der Waals surface area (Å²) >= 11 is 6.22. The summed E-state index contributed by atoms with van der Waals surface area (Å²) in [7, 11) is 0. The van der Waals surface area contributed by atoms with Gasteiger partial charge < -0.3 is 0 Å². The highest BCUT2D eigenvalue weighted by Gasteiger charge is 2.27. The third-order valence-corrected chi connectivity index (χ3v) is 3.82. The molecule has 2 rings (SSSR count). The van der Waals surface area contributed by atoms with Gasteiger partial charge >= 0.3 is 0 Å². The van der Waals surface area contributed by atoms with E-state index in [9.17, 15) is 0 Å². The lowest BCUT2D eigenvalue weighted by atomic mass is 10.1. The number of likely N-dealkylation sites (tertiary alicyclic amines) is 1. The second kappa shape index (κ2) is 4.54. The number of alkyl halides is 1. The molecule has 1 heterocycles. The molecule has 1 aliphatic heterocycles. The summed E-state index contributed by atoms with van der Waals surface area (Å²) in [5.74, 6) is 0.621. The van der Waals surface area contributed by atoms with Crippen LogP contribution in [0.1, 0.15) is 18.1 Å². The van der Waals surface area contributed by atoms with Crippen LogP contribution in [0.5, 0.6) is 0 Å². The minimum absolute atomic E-state index is 0.328. The number of hydrogen-bond acceptors (Lipinski definition) is 1. The first-order chi connectivity index (χ1) is 7.16. The lowest BCUT2D eigenvalue weighted by Gasteiger charge is -2.16. The molecule has 0 bridgehead atoms. The Bertz CT molecular complexity index is 327. The zero-order chi connectivity index (χ0) is 10.8. The molecule has 82 valence electrons. The van der Waals surface area contributed by atoms with Crippen LogP contribution >= 0.6 is 11.6 Å². The third kappa shape index (κ3) is 2.53. The Morgan fingerprint density at radius 3 is 2.67 bits per heavy atom. The van der Waals surface area contributed by atoms with Gasteiger partial charge in [0.2, 0.25) is 0 Å². The highest BCUT2D eigenvalue weighted by Crippen LogP contribution is 2.23. The molecule has 2 unspecified atom stereocenters. The highest BCUT2D eigenvalue weighted by atomic mass is 35.5. The van der Waals surface area contributed by atoms with Gasteiger partial charge in [-0.2, -0.15) is 0 Å². The van der Waals surface area contributed by atoms with Crippen molar-refractivity contribution >= 4 is 11.6 Å². The van der Waals surface area contributed by atoms with Crippen LogP contribution in [0, 0.1) is 12.8 Å². The zero-order valence-corrected chi connectivity index (χ0v) is 10.2. The summed E-state index contributed by atoms with van der Waals surface area (Å²) in [6.45, 7) is 7.60. The van der Waals surface area contributed by atoms with Gasteiger partial charge in [-0.1, -0.05) is 31.2 Å². The Balaban J connectivity index is 2.01. The fraction of sp³-hybridized carbons (Fsp3) is 0.538. The maximum atomic E-state index is 6.22. The smallest absolute Gasteiger partial charge is 0.0501 e. The summed E-state index contributed by atoms with van der Waals surface area (Å²) in [4.78, 5) is 2.45. The van der Waals surface area contributed by atoms with E-state index in [2.05, 4.69) is 43.0 Å². The Hall–Kier alpha value is -0.530. The molecule has 1 saturated heterocycles. The van der Waals surface area contributed by atoms with Gasteiger partial charge in [0, 0.05) is 19.6 Å². The molecule has 0 aliphatic carbocycles. The van der Waals surface area contributed by atoms with Crippen molar-refractivity contribution < 1.29 is 0 Å². The SMILES string of the molecule is Cc1ccccc1CN1CC(C)C(Cl)C1. The number of aryl methyl sites for hydroxylation is 1. The summed E-state index contributed by atoms with van der Waals surface area (Å²) in [6, 6.07) is 8.59. The highest BCUT2D eigenvalue weighted by molar-refractivity contribution is 6.21. The van der Waals surface area contributed by atoms with E-state index in [-0.39, 0.29) is 0 Å². The largest absolute Gasteiger partial charge is 0.297 e. The average Bonchev–Trinajstić information content (AvgIpc) is 2.50. The molecule has 1 aromatic carbocycles. The van der Waals surface area contributed by atoms with Gasteiger partial charge in [0.1, 0.15) is 0 Å². The van der Waals surface area contributed by atoms with E-state index < -0.39 is 0 Å². The third-order valence-electron chi connectivity index (χ3n) is 3.25. The second-order valence-electron chi connectivity index (χ2n) is 4.61. The molecular formula is C13H18ClN. The lowest BCUT2D eigenvalue weighted by molar-refractivity contribution is 0.320. The predicted octanol–water partition coefficient (Wildman–Crippen LogP) is 3.05. The maximum absolute atomic E-state index is 6.22. The van der Waals surface area contributed by atoms with Gasteiger partial charge in [0.15, 0.2) is 0 Å².